The van der Waals surface area contributed by atoms with Gasteiger partial charge in [0.2, 0.25) is 0 Å². The molecular formula is C10H10BrNO. The zero-order valence-electron chi connectivity index (χ0n) is 7.34. The third-order valence-electron chi connectivity index (χ3n) is 1.99. The van der Waals surface area contributed by atoms with E-state index in [1.54, 1.807) is 12.1 Å². The molecule has 0 heterocycles. The second kappa shape index (κ2) is 4.29. The van der Waals surface area contributed by atoms with Gasteiger partial charge < -0.3 is 5.11 Å². The smallest absolute Gasteiger partial charge is 0.119 e. The first-order valence-electron chi connectivity index (χ1n) is 4.00. The summed E-state index contributed by atoms with van der Waals surface area (Å²) in [6.45, 7) is 1.93. The van der Waals surface area contributed by atoms with Crippen LogP contribution >= 0.6 is 15.9 Å². The standard InChI is InChI=1S/C10H10BrNO/c1-7-8(3-2-6-12)10(13)5-4-9(7)11/h4-5,13H,2-3H2,1H3. The average Bonchev–Trinajstić information content (AvgIpc) is 2.12. The van der Waals surface area contributed by atoms with Gasteiger partial charge in [0.25, 0.3) is 0 Å². The van der Waals surface area contributed by atoms with Crippen molar-refractivity contribution in [3.8, 4) is 11.8 Å². The number of aromatic hydroxyl groups is 1. The van der Waals surface area contributed by atoms with Gasteiger partial charge in [0.15, 0.2) is 0 Å². The van der Waals surface area contributed by atoms with Crippen molar-refractivity contribution < 1.29 is 5.11 Å². The molecule has 0 aliphatic rings. The van der Waals surface area contributed by atoms with Gasteiger partial charge in [-0.1, -0.05) is 15.9 Å². The highest BCUT2D eigenvalue weighted by Crippen LogP contribution is 2.28. The van der Waals surface area contributed by atoms with E-state index in [4.69, 9.17) is 5.26 Å². The van der Waals surface area contributed by atoms with Crippen molar-refractivity contribution in [3.05, 3.63) is 27.7 Å². The van der Waals surface area contributed by atoms with Crippen molar-refractivity contribution in [2.24, 2.45) is 0 Å². The Labute approximate surface area is 85.9 Å². The van der Waals surface area contributed by atoms with E-state index in [0.717, 1.165) is 15.6 Å². The number of nitrogens with zero attached hydrogens (tertiary/aromatic N) is 1. The van der Waals surface area contributed by atoms with E-state index in [1.165, 1.54) is 0 Å². The highest BCUT2D eigenvalue weighted by Gasteiger charge is 2.06. The van der Waals surface area contributed by atoms with Gasteiger partial charge in [0.05, 0.1) is 6.07 Å². The first-order chi connectivity index (χ1) is 6.16. The largest absolute Gasteiger partial charge is 0.508 e. The summed E-state index contributed by atoms with van der Waals surface area (Å²) in [6.07, 6.45) is 1.04. The molecule has 1 rings (SSSR count). The van der Waals surface area contributed by atoms with Gasteiger partial charge in [-0.3, -0.25) is 0 Å². The fourth-order valence-electron chi connectivity index (χ4n) is 1.21. The van der Waals surface area contributed by atoms with Crippen LogP contribution < -0.4 is 0 Å². The van der Waals surface area contributed by atoms with Crippen molar-refractivity contribution in [3.63, 3.8) is 0 Å². The lowest BCUT2D eigenvalue weighted by atomic mass is 10.0. The molecule has 2 nitrogen and oxygen atoms in total. The Kier molecular flexibility index (Phi) is 3.32. The van der Waals surface area contributed by atoms with E-state index >= 15 is 0 Å². The number of rotatable bonds is 2. The molecule has 1 aromatic rings. The molecule has 0 fully saturated rings. The van der Waals surface area contributed by atoms with Crippen LogP contribution in [0.3, 0.4) is 0 Å². The zero-order valence-corrected chi connectivity index (χ0v) is 8.93. The summed E-state index contributed by atoms with van der Waals surface area (Å²) in [7, 11) is 0. The summed E-state index contributed by atoms with van der Waals surface area (Å²) in [4.78, 5) is 0. The molecule has 68 valence electrons. The number of halogens is 1. The van der Waals surface area contributed by atoms with Crippen LogP contribution in [0.4, 0.5) is 0 Å². The molecule has 0 atom stereocenters. The first-order valence-corrected chi connectivity index (χ1v) is 4.80. The topological polar surface area (TPSA) is 44.0 Å². The van der Waals surface area contributed by atoms with Crippen LogP contribution in [-0.4, -0.2) is 5.11 Å². The maximum Gasteiger partial charge on any atom is 0.119 e. The molecule has 0 aromatic heterocycles. The van der Waals surface area contributed by atoms with E-state index in [2.05, 4.69) is 22.0 Å². The fourth-order valence-corrected chi connectivity index (χ4v) is 1.58. The highest BCUT2D eigenvalue weighted by molar-refractivity contribution is 9.10. The molecule has 0 spiro atoms. The van der Waals surface area contributed by atoms with Gasteiger partial charge in [-0.05, 0) is 36.6 Å². The highest BCUT2D eigenvalue weighted by atomic mass is 79.9. The van der Waals surface area contributed by atoms with Crippen molar-refractivity contribution in [2.75, 3.05) is 0 Å². The van der Waals surface area contributed by atoms with Gasteiger partial charge in [-0.2, -0.15) is 5.26 Å². The van der Waals surface area contributed by atoms with Crippen molar-refractivity contribution >= 4 is 15.9 Å². The third-order valence-corrected chi connectivity index (χ3v) is 2.85. The summed E-state index contributed by atoms with van der Waals surface area (Å²) < 4.78 is 0.971. The molecule has 0 saturated heterocycles. The van der Waals surface area contributed by atoms with Gasteiger partial charge in [-0.15, -0.1) is 0 Å². The first kappa shape index (κ1) is 10.1. The van der Waals surface area contributed by atoms with E-state index in [9.17, 15) is 5.11 Å². The summed E-state index contributed by atoms with van der Waals surface area (Å²) in [5, 5.41) is 17.9. The number of hydrogen-bond donors (Lipinski definition) is 1. The number of phenols is 1. The summed E-state index contributed by atoms with van der Waals surface area (Å²) in [5.74, 6) is 0.274. The van der Waals surface area contributed by atoms with E-state index in [0.29, 0.717) is 12.8 Å². The molecule has 0 unspecified atom stereocenters. The molecule has 0 radical (unpaired) electrons. The lowest BCUT2D eigenvalue weighted by Crippen LogP contribution is -1.90. The number of phenolic OH excluding ortho intramolecular Hbond substituents is 1. The lowest BCUT2D eigenvalue weighted by Gasteiger charge is -2.07. The number of nitriles is 1. The second-order valence-corrected chi connectivity index (χ2v) is 3.68. The fraction of sp³-hybridized carbons (Fsp3) is 0.300. The molecule has 1 aromatic carbocycles. The van der Waals surface area contributed by atoms with Crippen LogP contribution in [0, 0.1) is 18.3 Å². The van der Waals surface area contributed by atoms with Gasteiger partial charge >= 0.3 is 0 Å². The van der Waals surface area contributed by atoms with Gasteiger partial charge in [-0.25, -0.2) is 0 Å². The minimum absolute atomic E-state index is 0.274. The number of benzene rings is 1. The SMILES string of the molecule is Cc1c(Br)ccc(O)c1CCC#N. The summed E-state index contributed by atoms with van der Waals surface area (Å²) in [5.41, 5.74) is 1.87. The average molecular weight is 240 g/mol. The van der Waals surface area contributed by atoms with Crippen molar-refractivity contribution in [2.45, 2.75) is 19.8 Å². The summed E-state index contributed by atoms with van der Waals surface area (Å²) >= 11 is 3.38. The maximum absolute atomic E-state index is 9.51. The van der Waals surface area contributed by atoms with Crippen LogP contribution in [0.2, 0.25) is 0 Å². The predicted molar refractivity (Wildman–Crippen MR) is 54.5 cm³/mol. The second-order valence-electron chi connectivity index (χ2n) is 2.83. The molecule has 3 heteroatoms. The van der Waals surface area contributed by atoms with E-state index in [1.807, 2.05) is 6.92 Å². The van der Waals surface area contributed by atoms with Gasteiger partial charge in [0, 0.05) is 10.9 Å². The Morgan fingerprint density at radius 3 is 2.85 bits per heavy atom. The molecule has 0 aliphatic heterocycles. The molecular weight excluding hydrogens is 230 g/mol. The maximum atomic E-state index is 9.51. The van der Waals surface area contributed by atoms with Crippen LogP contribution in [0.25, 0.3) is 0 Å². The molecule has 0 amide bonds. The Morgan fingerprint density at radius 2 is 2.23 bits per heavy atom. The Bertz CT molecular complexity index is 355. The van der Waals surface area contributed by atoms with E-state index in [-0.39, 0.29) is 5.75 Å². The van der Waals surface area contributed by atoms with Crippen LogP contribution in [0.5, 0.6) is 5.75 Å². The molecule has 1 N–H and O–H groups in total. The monoisotopic (exact) mass is 239 g/mol. The Balaban J connectivity index is 3.04. The Morgan fingerprint density at radius 1 is 1.54 bits per heavy atom. The van der Waals surface area contributed by atoms with Crippen LogP contribution in [0.1, 0.15) is 17.5 Å². The molecule has 0 aliphatic carbocycles. The number of hydrogen-bond acceptors (Lipinski definition) is 2. The van der Waals surface area contributed by atoms with Crippen molar-refractivity contribution in [1.82, 2.24) is 0 Å². The third kappa shape index (κ3) is 2.22. The Hall–Kier alpha value is -1.01. The van der Waals surface area contributed by atoms with E-state index < -0.39 is 0 Å². The van der Waals surface area contributed by atoms with Gasteiger partial charge in [0.1, 0.15) is 5.75 Å². The lowest BCUT2D eigenvalue weighted by molar-refractivity contribution is 0.467. The van der Waals surface area contributed by atoms with Crippen LogP contribution in [0.15, 0.2) is 16.6 Å². The molecule has 0 bridgehead atoms. The predicted octanol–water partition coefficient (Wildman–Crippen LogP) is 2.92. The normalized spacial score (nSPS) is 9.62. The minimum atomic E-state index is 0.274. The van der Waals surface area contributed by atoms with Crippen molar-refractivity contribution in [1.29, 1.82) is 5.26 Å². The molecule has 0 saturated carbocycles. The zero-order chi connectivity index (χ0) is 9.84. The quantitative estimate of drug-likeness (QED) is 0.863. The molecule has 13 heavy (non-hydrogen) atoms. The van der Waals surface area contributed by atoms with Crippen LogP contribution in [-0.2, 0) is 6.42 Å². The summed E-state index contributed by atoms with van der Waals surface area (Å²) in [6, 6.07) is 5.51. The minimum Gasteiger partial charge on any atom is -0.508 e.